The SMILES string of the molecule is CC(=O)c1ccc(S(=O)(=O)N2CCNCC2c2cccc(Cl)c2)cc1.Cl. The number of carbonyl (C=O) groups is 1. The molecule has 1 N–H and O–H groups in total. The molecule has 2 aromatic rings. The number of nitrogens with one attached hydrogen (secondary N) is 1. The Balaban J connectivity index is 0.00000243. The topological polar surface area (TPSA) is 66.5 Å². The van der Waals surface area contributed by atoms with Gasteiger partial charge in [-0.1, -0.05) is 35.9 Å². The number of halogens is 2. The maximum Gasteiger partial charge on any atom is 0.243 e. The molecule has 3 rings (SSSR count). The zero-order chi connectivity index (χ0) is 18.0. The number of sulfonamides is 1. The van der Waals surface area contributed by atoms with E-state index in [0.29, 0.717) is 30.2 Å². The van der Waals surface area contributed by atoms with Gasteiger partial charge in [-0.2, -0.15) is 4.31 Å². The second-order valence-corrected chi connectivity index (χ2v) is 8.30. The van der Waals surface area contributed by atoms with Gasteiger partial charge < -0.3 is 5.32 Å². The summed E-state index contributed by atoms with van der Waals surface area (Å²) in [5.41, 5.74) is 1.34. The van der Waals surface area contributed by atoms with Gasteiger partial charge in [0, 0.05) is 30.2 Å². The van der Waals surface area contributed by atoms with Crippen LogP contribution in [0.25, 0.3) is 0 Å². The van der Waals surface area contributed by atoms with Crippen LogP contribution in [0.2, 0.25) is 5.02 Å². The summed E-state index contributed by atoms with van der Waals surface area (Å²) in [7, 11) is -3.68. The zero-order valence-electron chi connectivity index (χ0n) is 14.2. The van der Waals surface area contributed by atoms with Crippen LogP contribution in [0.1, 0.15) is 28.9 Å². The molecule has 1 aliphatic heterocycles. The molecule has 26 heavy (non-hydrogen) atoms. The summed E-state index contributed by atoms with van der Waals surface area (Å²) in [6, 6.07) is 13.0. The highest BCUT2D eigenvalue weighted by molar-refractivity contribution is 7.89. The lowest BCUT2D eigenvalue weighted by Crippen LogP contribution is -2.48. The molecule has 1 atom stereocenters. The van der Waals surface area contributed by atoms with Crippen molar-refractivity contribution in [1.82, 2.24) is 9.62 Å². The lowest BCUT2D eigenvalue weighted by molar-refractivity contribution is 0.101. The molecule has 8 heteroatoms. The van der Waals surface area contributed by atoms with E-state index in [9.17, 15) is 13.2 Å². The lowest BCUT2D eigenvalue weighted by Gasteiger charge is -2.35. The predicted molar refractivity (Wildman–Crippen MR) is 105 cm³/mol. The molecule has 5 nitrogen and oxygen atoms in total. The molecule has 0 aliphatic carbocycles. The van der Waals surface area contributed by atoms with Crippen molar-refractivity contribution in [2.75, 3.05) is 19.6 Å². The first-order valence-corrected chi connectivity index (χ1v) is 9.80. The molecule has 1 heterocycles. The Morgan fingerprint density at radius 3 is 2.50 bits per heavy atom. The van der Waals surface area contributed by atoms with E-state index in [4.69, 9.17) is 11.6 Å². The minimum atomic E-state index is -3.68. The maximum atomic E-state index is 13.1. The molecule has 1 fully saturated rings. The van der Waals surface area contributed by atoms with Gasteiger partial charge in [-0.15, -0.1) is 12.4 Å². The highest BCUT2D eigenvalue weighted by Crippen LogP contribution is 2.30. The van der Waals surface area contributed by atoms with Crippen LogP contribution in [0.4, 0.5) is 0 Å². The number of nitrogens with zero attached hydrogens (tertiary/aromatic N) is 1. The number of carbonyl (C=O) groups excluding carboxylic acids is 1. The van der Waals surface area contributed by atoms with Gasteiger partial charge in [0.2, 0.25) is 10.0 Å². The molecule has 0 radical (unpaired) electrons. The molecule has 1 aliphatic rings. The summed E-state index contributed by atoms with van der Waals surface area (Å²) >= 11 is 6.07. The Bertz CT molecular complexity index is 886. The van der Waals surface area contributed by atoms with E-state index in [1.165, 1.54) is 23.4 Å². The van der Waals surface area contributed by atoms with Crippen LogP contribution in [-0.2, 0) is 10.0 Å². The van der Waals surface area contributed by atoms with Crippen molar-refractivity contribution in [3.63, 3.8) is 0 Å². The van der Waals surface area contributed by atoms with Crippen molar-refractivity contribution < 1.29 is 13.2 Å². The number of rotatable bonds is 4. The first-order valence-electron chi connectivity index (χ1n) is 7.98. The van der Waals surface area contributed by atoms with Crippen molar-refractivity contribution in [1.29, 1.82) is 0 Å². The Labute approximate surface area is 164 Å². The molecule has 1 saturated heterocycles. The summed E-state index contributed by atoms with van der Waals surface area (Å²) < 4.78 is 27.7. The molecule has 0 bridgehead atoms. The van der Waals surface area contributed by atoms with Crippen LogP contribution in [0.15, 0.2) is 53.4 Å². The van der Waals surface area contributed by atoms with Crippen LogP contribution in [0, 0.1) is 0 Å². The average Bonchev–Trinajstić information content (AvgIpc) is 2.62. The van der Waals surface area contributed by atoms with E-state index < -0.39 is 10.0 Å². The van der Waals surface area contributed by atoms with E-state index in [1.54, 1.807) is 24.3 Å². The van der Waals surface area contributed by atoms with Gasteiger partial charge in [0.15, 0.2) is 5.78 Å². The monoisotopic (exact) mass is 414 g/mol. The minimum absolute atomic E-state index is 0. The highest BCUT2D eigenvalue weighted by Gasteiger charge is 2.34. The van der Waals surface area contributed by atoms with Crippen LogP contribution >= 0.6 is 24.0 Å². The summed E-state index contributed by atoms with van der Waals surface area (Å²) in [6.45, 7) is 2.93. The number of Topliss-reactive ketones (excluding diaryl/α,β-unsaturated/α-hetero) is 1. The average molecular weight is 415 g/mol. The Morgan fingerprint density at radius 1 is 1.19 bits per heavy atom. The molecule has 2 aromatic carbocycles. The first-order chi connectivity index (χ1) is 11.9. The van der Waals surface area contributed by atoms with Gasteiger partial charge in [-0.25, -0.2) is 8.42 Å². The number of hydrogen-bond donors (Lipinski definition) is 1. The fourth-order valence-corrected chi connectivity index (χ4v) is 4.78. The summed E-state index contributed by atoms with van der Waals surface area (Å²) in [5.74, 6) is -0.0945. The van der Waals surface area contributed by atoms with Crippen molar-refractivity contribution in [2.24, 2.45) is 0 Å². The fraction of sp³-hybridized carbons (Fsp3) is 0.278. The molecular weight excluding hydrogens is 395 g/mol. The van der Waals surface area contributed by atoms with Crippen LogP contribution < -0.4 is 5.32 Å². The molecule has 140 valence electrons. The van der Waals surface area contributed by atoms with E-state index in [2.05, 4.69) is 5.32 Å². The van der Waals surface area contributed by atoms with Crippen LogP contribution in [0.5, 0.6) is 0 Å². The normalized spacial score (nSPS) is 18.2. The maximum absolute atomic E-state index is 13.1. The van der Waals surface area contributed by atoms with Crippen LogP contribution in [0.3, 0.4) is 0 Å². The van der Waals surface area contributed by atoms with Crippen LogP contribution in [-0.4, -0.2) is 38.1 Å². The van der Waals surface area contributed by atoms with E-state index in [1.807, 2.05) is 12.1 Å². The second-order valence-electron chi connectivity index (χ2n) is 5.97. The van der Waals surface area contributed by atoms with Gasteiger partial charge in [-0.05, 0) is 36.8 Å². The van der Waals surface area contributed by atoms with Crippen molar-refractivity contribution >= 4 is 39.8 Å². The van der Waals surface area contributed by atoms with E-state index >= 15 is 0 Å². The molecule has 0 saturated carbocycles. The Kier molecular flexibility index (Phi) is 6.82. The molecule has 0 spiro atoms. The van der Waals surface area contributed by atoms with E-state index in [0.717, 1.165) is 5.56 Å². The molecule has 0 amide bonds. The summed E-state index contributed by atoms with van der Waals surface area (Å²) in [4.78, 5) is 11.6. The van der Waals surface area contributed by atoms with Crippen molar-refractivity contribution in [2.45, 2.75) is 17.9 Å². The molecule has 1 unspecified atom stereocenters. The third kappa shape index (κ3) is 4.27. The third-order valence-corrected chi connectivity index (χ3v) is 6.45. The lowest BCUT2D eigenvalue weighted by atomic mass is 10.1. The number of piperazine rings is 1. The van der Waals surface area contributed by atoms with Gasteiger partial charge in [0.05, 0.1) is 10.9 Å². The third-order valence-electron chi connectivity index (χ3n) is 4.30. The predicted octanol–water partition coefficient (Wildman–Crippen LogP) is 3.30. The largest absolute Gasteiger partial charge is 0.313 e. The first kappa shape index (κ1) is 20.9. The fourth-order valence-electron chi connectivity index (χ4n) is 2.97. The Morgan fingerprint density at radius 2 is 1.88 bits per heavy atom. The molecular formula is C18H20Cl2N2O3S. The highest BCUT2D eigenvalue weighted by atomic mass is 35.5. The number of hydrogen-bond acceptors (Lipinski definition) is 4. The standard InChI is InChI=1S/C18H19ClN2O3S.ClH/c1-13(22)14-5-7-17(8-6-14)25(23,24)21-10-9-20-12-18(21)15-3-2-4-16(19)11-15;/h2-8,11,18,20H,9-10,12H2,1H3;1H. The summed E-state index contributed by atoms with van der Waals surface area (Å²) in [5, 5.41) is 3.81. The molecule has 0 aromatic heterocycles. The minimum Gasteiger partial charge on any atom is -0.313 e. The van der Waals surface area contributed by atoms with Crippen molar-refractivity contribution in [3.8, 4) is 0 Å². The summed E-state index contributed by atoms with van der Waals surface area (Å²) in [6.07, 6.45) is 0. The zero-order valence-corrected chi connectivity index (χ0v) is 16.6. The second kappa shape index (κ2) is 8.50. The number of ketones is 1. The van der Waals surface area contributed by atoms with Gasteiger partial charge >= 0.3 is 0 Å². The van der Waals surface area contributed by atoms with Gasteiger partial charge in [-0.3, -0.25) is 4.79 Å². The van der Waals surface area contributed by atoms with E-state index in [-0.39, 0.29) is 29.1 Å². The van der Waals surface area contributed by atoms with Gasteiger partial charge in [0.1, 0.15) is 0 Å². The van der Waals surface area contributed by atoms with Gasteiger partial charge in [0.25, 0.3) is 0 Å². The van der Waals surface area contributed by atoms with Crippen molar-refractivity contribution in [3.05, 3.63) is 64.7 Å². The number of benzene rings is 2. The Hall–Kier alpha value is -1.44. The smallest absolute Gasteiger partial charge is 0.243 e. The quantitative estimate of drug-likeness (QED) is 0.779.